The number of hydrogen-bond donors (Lipinski definition) is 1. The van der Waals surface area contributed by atoms with Crippen LogP contribution in [0.2, 0.25) is 0 Å². The molecule has 1 amide bonds. The Morgan fingerprint density at radius 2 is 1.75 bits per heavy atom. The number of para-hydroxylation sites is 1. The SMILES string of the molecule is COC(=O)c1c(NC(=O)c2cc(-c3ccccc3)nc3ccccc23)sc2c1CCCC2. The number of hydrogen-bond acceptors (Lipinski definition) is 5. The topological polar surface area (TPSA) is 68.3 Å². The molecular formula is C26H22N2O3S. The van der Waals surface area contributed by atoms with Crippen LogP contribution in [0.25, 0.3) is 22.2 Å². The predicted molar refractivity (Wildman–Crippen MR) is 127 cm³/mol. The predicted octanol–water partition coefficient (Wildman–Crippen LogP) is 5.88. The third kappa shape index (κ3) is 3.67. The number of fused-ring (bicyclic) bond motifs is 2. The zero-order valence-electron chi connectivity index (χ0n) is 17.7. The Morgan fingerprint density at radius 3 is 2.56 bits per heavy atom. The molecule has 1 N–H and O–H groups in total. The number of benzene rings is 2. The number of methoxy groups -OCH3 is 1. The minimum Gasteiger partial charge on any atom is -0.465 e. The summed E-state index contributed by atoms with van der Waals surface area (Å²) in [6.45, 7) is 0. The maximum atomic E-state index is 13.5. The van der Waals surface area contributed by atoms with Gasteiger partial charge in [-0.2, -0.15) is 0 Å². The second-order valence-electron chi connectivity index (χ2n) is 7.80. The van der Waals surface area contributed by atoms with E-state index in [9.17, 15) is 9.59 Å². The van der Waals surface area contributed by atoms with Gasteiger partial charge in [-0.3, -0.25) is 4.79 Å². The van der Waals surface area contributed by atoms with Crippen LogP contribution in [0.1, 0.15) is 44.0 Å². The first-order chi connectivity index (χ1) is 15.7. The number of anilines is 1. The smallest absolute Gasteiger partial charge is 0.341 e. The summed E-state index contributed by atoms with van der Waals surface area (Å²) in [4.78, 5) is 32.0. The average Bonchev–Trinajstić information content (AvgIpc) is 3.21. The van der Waals surface area contributed by atoms with Crippen molar-refractivity contribution in [3.63, 3.8) is 0 Å². The van der Waals surface area contributed by atoms with E-state index in [1.54, 1.807) is 0 Å². The van der Waals surface area contributed by atoms with E-state index >= 15 is 0 Å². The van der Waals surface area contributed by atoms with Crippen LogP contribution in [0, 0.1) is 0 Å². The zero-order valence-corrected chi connectivity index (χ0v) is 18.5. The molecule has 0 unspecified atom stereocenters. The minimum absolute atomic E-state index is 0.260. The summed E-state index contributed by atoms with van der Waals surface area (Å²) in [5.41, 5.74) is 4.46. The fourth-order valence-corrected chi connectivity index (χ4v) is 5.53. The summed E-state index contributed by atoms with van der Waals surface area (Å²) >= 11 is 1.49. The summed E-state index contributed by atoms with van der Waals surface area (Å²) < 4.78 is 5.04. The van der Waals surface area contributed by atoms with Crippen molar-refractivity contribution < 1.29 is 14.3 Å². The van der Waals surface area contributed by atoms with Crippen LogP contribution in [0.3, 0.4) is 0 Å². The van der Waals surface area contributed by atoms with Gasteiger partial charge in [0, 0.05) is 15.8 Å². The molecular weight excluding hydrogens is 420 g/mol. The monoisotopic (exact) mass is 442 g/mol. The lowest BCUT2D eigenvalue weighted by Crippen LogP contribution is -2.16. The Hall–Kier alpha value is -3.51. The molecule has 2 heterocycles. The molecule has 5 nitrogen and oxygen atoms in total. The Balaban J connectivity index is 1.59. The Morgan fingerprint density at radius 1 is 1.00 bits per heavy atom. The van der Waals surface area contributed by atoms with E-state index in [1.165, 1.54) is 18.4 Å². The van der Waals surface area contributed by atoms with Crippen molar-refractivity contribution in [2.45, 2.75) is 25.7 Å². The van der Waals surface area contributed by atoms with Crippen molar-refractivity contribution in [3.05, 3.63) is 82.2 Å². The van der Waals surface area contributed by atoms with E-state index in [1.807, 2.05) is 60.7 Å². The standard InChI is InChI=1S/C26H22N2O3S/c1-31-26(30)23-18-12-6-8-14-22(18)32-25(23)28-24(29)19-15-21(16-9-3-2-4-10-16)27-20-13-7-5-11-17(19)20/h2-5,7,9-11,13,15H,6,8,12,14H2,1H3,(H,28,29). The van der Waals surface area contributed by atoms with E-state index in [0.717, 1.165) is 58.3 Å². The number of carbonyl (C=O) groups is 2. The zero-order chi connectivity index (χ0) is 22.1. The summed E-state index contributed by atoms with van der Waals surface area (Å²) in [6.07, 6.45) is 3.90. The highest BCUT2D eigenvalue weighted by Gasteiger charge is 2.27. The van der Waals surface area contributed by atoms with Crippen molar-refractivity contribution >= 4 is 39.1 Å². The quantitative estimate of drug-likeness (QED) is 0.401. The molecule has 0 bridgehead atoms. The van der Waals surface area contributed by atoms with Crippen molar-refractivity contribution in [1.82, 2.24) is 4.98 Å². The number of amides is 1. The number of esters is 1. The molecule has 0 aliphatic heterocycles. The average molecular weight is 443 g/mol. The first-order valence-electron chi connectivity index (χ1n) is 10.6. The molecule has 0 spiro atoms. The molecule has 1 aliphatic carbocycles. The van der Waals surface area contributed by atoms with Crippen molar-refractivity contribution in [2.24, 2.45) is 0 Å². The molecule has 160 valence electrons. The lowest BCUT2D eigenvalue weighted by molar-refractivity contribution is 0.0601. The molecule has 1 aliphatic rings. The largest absolute Gasteiger partial charge is 0.465 e. The van der Waals surface area contributed by atoms with Gasteiger partial charge in [-0.1, -0.05) is 48.5 Å². The molecule has 6 heteroatoms. The van der Waals surface area contributed by atoms with Gasteiger partial charge in [0.05, 0.1) is 29.4 Å². The van der Waals surface area contributed by atoms with Gasteiger partial charge in [-0.05, 0) is 43.4 Å². The first kappa shape index (κ1) is 20.4. The van der Waals surface area contributed by atoms with Crippen LogP contribution in [-0.4, -0.2) is 24.0 Å². The molecule has 0 saturated heterocycles. The molecule has 0 atom stereocenters. The molecule has 0 fully saturated rings. The van der Waals surface area contributed by atoms with Gasteiger partial charge in [-0.25, -0.2) is 9.78 Å². The number of carbonyl (C=O) groups excluding carboxylic acids is 2. The van der Waals surface area contributed by atoms with E-state index in [0.29, 0.717) is 16.1 Å². The third-order valence-corrected chi connectivity index (χ3v) is 7.03. The maximum Gasteiger partial charge on any atom is 0.341 e. The highest BCUT2D eigenvalue weighted by atomic mass is 32.1. The van der Waals surface area contributed by atoms with Crippen molar-refractivity contribution in [2.75, 3.05) is 12.4 Å². The Kier molecular flexibility index (Phi) is 5.45. The number of pyridine rings is 1. The van der Waals surface area contributed by atoms with E-state index in [4.69, 9.17) is 9.72 Å². The van der Waals surface area contributed by atoms with Crippen LogP contribution in [0.4, 0.5) is 5.00 Å². The van der Waals surface area contributed by atoms with Gasteiger partial charge in [0.15, 0.2) is 0 Å². The Labute approximate surface area is 190 Å². The molecule has 2 aromatic heterocycles. The lowest BCUT2D eigenvalue weighted by atomic mass is 9.95. The second-order valence-corrected chi connectivity index (χ2v) is 8.90. The van der Waals surface area contributed by atoms with E-state index < -0.39 is 5.97 Å². The first-order valence-corrected chi connectivity index (χ1v) is 11.5. The van der Waals surface area contributed by atoms with Gasteiger partial charge in [0.2, 0.25) is 0 Å². The third-order valence-electron chi connectivity index (χ3n) is 5.82. The summed E-state index contributed by atoms with van der Waals surface area (Å²) in [5, 5.41) is 4.36. The number of rotatable bonds is 4. The minimum atomic E-state index is -0.399. The second kappa shape index (κ2) is 8.55. The van der Waals surface area contributed by atoms with Crippen LogP contribution >= 0.6 is 11.3 Å². The van der Waals surface area contributed by atoms with Crippen molar-refractivity contribution in [3.8, 4) is 11.3 Å². The Bertz CT molecular complexity index is 1330. The van der Waals surface area contributed by atoms with Crippen molar-refractivity contribution in [1.29, 1.82) is 0 Å². The van der Waals surface area contributed by atoms with Gasteiger partial charge < -0.3 is 10.1 Å². The molecule has 4 aromatic rings. The number of aromatic nitrogens is 1. The number of nitrogens with zero attached hydrogens (tertiary/aromatic N) is 1. The number of ether oxygens (including phenoxy) is 1. The van der Waals surface area contributed by atoms with E-state index in [-0.39, 0.29) is 5.91 Å². The highest BCUT2D eigenvalue weighted by molar-refractivity contribution is 7.17. The summed E-state index contributed by atoms with van der Waals surface area (Å²) in [7, 11) is 1.38. The van der Waals surface area contributed by atoms with Gasteiger partial charge in [-0.15, -0.1) is 11.3 Å². The van der Waals surface area contributed by atoms with Gasteiger partial charge in [0.25, 0.3) is 5.91 Å². The molecule has 32 heavy (non-hydrogen) atoms. The van der Waals surface area contributed by atoms with Gasteiger partial charge >= 0.3 is 5.97 Å². The van der Waals surface area contributed by atoms with Crippen LogP contribution in [0.15, 0.2) is 60.7 Å². The van der Waals surface area contributed by atoms with E-state index in [2.05, 4.69) is 5.32 Å². The summed E-state index contributed by atoms with van der Waals surface area (Å²) in [5.74, 6) is -0.659. The highest BCUT2D eigenvalue weighted by Crippen LogP contribution is 2.39. The lowest BCUT2D eigenvalue weighted by Gasteiger charge is -2.12. The van der Waals surface area contributed by atoms with Crippen LogP contribution < -0.4 is 5.32 Å². The number of aryl methyl sites for hydroxylation is 1. The fraction of sp³-hybridized carbons (Fsp3) is 0.192. The molecule has 5 rings (SSSR count). The molecule has 0 radical (unpaired) electrons. The van der Waals surface area contributed by atoms with Crippen LogP contribution in [-0.2, 0) is 17.6 Å². The van der Waals surface area contributed by atoms with Gasteiger partial charge in [0.1, 0.15) is 5.00 Å². The van der Waals surface area contributed by atoms with Crippen LogP contribution in [0.5, 0.6) is 0 Å². The molecule has 0 saturated carbocycles. The number of nitrogens with one attached hydrogen (secondary N) is 1. The number of thiophene rings is 1. The fourth-order valence-electron chi connectivity index (χ4n) is 4.26. The maximum absolute atomic E-state index is 13.5. The molecule has 2 aromatic carbocycles. The summed E-state index contributed by atoms with van der Waals surface area (Å²) in [6, 6.07) is 19.2. The normalized spacial score (nSPS) is 12.9.